The van der Waals surface area contributed by atoms with Gasteiger partial charge in [0.25, 0.3) is 0 Å². The Hall–Kier alpha value is -0.580. The lowest BCUT2D eigenvalue weighted by molar-refractivity contribution is 0.575. The number of nitrogens with zero attached hydrogens (tertiary/aromatic N) is 1. The summed E-state index contributed by atoms with van der Waals surface area (Å²) in [6, 6.07) is 4.37. The summed E-state index contributed by atoms with van der Waals surface area (Å²) < 4.78 is 0. The second kappa shape index (κ2) is 6.81. The fraction of sp³-hybridized carbons (Fsp3) is 0.500. The molecule has 1 heterocycles. The van der Waals surface area contributed by atoms with Gasteiger partial charge >= 0.3 is 0 Å². The van der Waals surface area contributed by atoms with E-state index < -0.39 is 0 Å². The molecule has 0 fully saturated rings. The second-order valence-corrected chi connectivity index (χ2v) is 4.41. The minimum atomic E-state index is 0.337. The number of hydrazine groups is 1. The first-order valence-electron chi connectivity index (χ1n) is 4.79. The first kappa shape index (κ1) is 11.5. The Kier molecular flexibility index (Phi) is 5.59. The SMILES string of the molecule is CCSCC(Cc1cccnc1)NN. The van der Waals surface area contributed by atoms with Gasteiger partial charge in [0.1, 0.15) is 0 Å². The highest BCUT2D eigenvalue weighted by Gasteiger charge is 2.06. The van der Waals surface area contributed by atoms with Gasteiger partial charge in [-0.15, -0.1) is 0 Å². The molecular weight excluding hydrogens is 194 g/mol. The van der Waals surface area contributed by atoms with Gasteiger partial charge in [0.2, 0.25) is 0 Å². The Morgan fingerprint density at radius 2 is 2.50 bits per heavy atom. The van der Waals surface area contributed by atoms with Crippen LogP contribution in [0.4, 0.5) is 0 Å². The van der Waals surface area contributed by atoms with Crippen LogP contribution in [0.15, 0.2) is 24.5 Å². The van der Waals surface area contributed by atoms with Gasteiger partial charge in [-0.2, -0.15) is 11.8 Å². The van der Waals surface area contributed by atoms with E-state index in [1.807, 2.05) is 24.0 Å². The molecule has 0 aliphatic carbocycles. The van der Waals surface area contributed by atoms with Gasteiger partial charge in [0.15, 0.2) is 0 Å². The van der Waals surface area contributed by atoms with Gasteiger partial charge in [-0.1, -0.05) is 13.0 Å². The Labute approximate surface area is 89.5 Å². The van der Waals surface area contributed by atoms with Gasteiger partial charge in [0, 0.05) is 24.2 Å². The lowest BCUT2D eigenvalue weighted by Gasteiger charge is -2.14. The third kappa shape index (κ3) is 4.09. The van der Waals surface area contributed by atoms with Crippen LogP contribution < -0.4 is 11.3 Å². The molecule has 4 heteroatoms. The van der Waals surface area contributed by atoms with Gasteiger partial charge in [-0.25, -0.2) is 0 Å². The summed E-state index contributed by atoms with van der Waals surface area (Å²) >= 11 is 1.90. The molecule has 1 aromatic rings. The van der Waals surface area contributed by atoms with Crippen LogP contribution >= 0.6 is 11.8 Å². The van der Waals surface area contributed by atoms with E-state index in [0.29, 0.717) is 6.04 Å². The Morgan fingerprint density at radius 3 is 3.07 bits per heavy atom. The molecule has 0 radical (unpaired) electrons. The molecule has 0 aromatic carbocycles. The van der Waals surface area contributed by atoms with Crippen molar-refractivity contribution in [1.29, 1.82) is 0 Å². The number of hydrogen-bond donors (Lipinski definition) is 2. The van der Waals surface area contributed by atoms with Crippen molar-refractivity contribution in [2.75, 3.05) is 11.5 Å². The number of thioether (sulfide) groups is 1. The molecule has 1 unspecified atom stereocenters. The van der Waals surface area contributed by atoms with E-state index in [4.69, 9.17) is 5.84 Å². The topological polar surface area (TPSA) is 50.9 Å². The van der Waals surface area contributed by atoms with Crippen molar-refractivity contribution in [1.82, 2.24) is 10.4 Å². The van der Waals surface area contributed by atoms with Crippen LogP contribution in [0.5, 0.6) is 0 Å². The molecule has 0 bridgehead atoms. The van der Waals surface area contributed by atoms with Crippen molar-refractivity contribution in [2.24, 2.45) is 5.84 Å². The molecule has 78 valence electrons. The molecule has 0 aliphatic rings. The molecule has 0 amide bonds. The molecule has 1 atom stereocenters. The largest absolute Gasteiger partial charge is 0.271 e. The predicted molar refractivity (Wildman–Crippen MR) is 62.1 cm³/mol. The fourth-order valence-electron chi connectivity index (χ4n) is 1.23. The average molecular weight is 211 g/mol. The highest BCUT2D eigenvalue weighted by atomic mass is 32.2. The first-order chi connectivity index (χ1) is 6.86. The van der Waals surface area contributed by atoms with Crippen LogP contribution in [0.3, 0.4) is 0 Å². The van der Waals surface area contributed by atoms with E-state index in [1.165, 1.54) is 5.56 Å². The molecular formula is C10H17N3S. The zero-order chi connectivity index (χ0) is 10.2. The van der Waals surface area contributed by atoms with Crippen molar-refractivity contribution in [2.45, 2.75) is 19.4 Å². The van der Waals surface area contributed by atoms with E-state index in [0.717, 1.165) is 17.9 Å². The first-order valence-corrected chi connectivity index (χ1v) is 5.95. The maximum atomic E-state index is 5.48. The zero-order valence-corrected chi connectivity index (χ0v) is 9.26. The number of aromatic nitrogens is 1. The number of pyridine rings is 1. The molecule has 0 aliphatic heterocycles. The van der Waals surface area contributed by atoms with Gasteiger partial charge < -0.3 is 0 Å². The molecule has 0 saturated carbocycles. The molecule has 3 N–H and O–H groups in total. The maximum Gasteiger partial charge on any atom is 0.0342 e. The van der Waals surface area contributed by atoms with Crippen LogP contribution in [0.2, 0.25) is 0 Å². The second-order valence-electron chi connectivity index (χ2n) is 3.09. The van der Waals surface area contributed by atoms with Crippen LogP contribution in [0, 0.1) is 0 Å². The summed E-state index contributed by atoms with van der Waals surface area (Å²) in [5.41, 5.74) is 4.07. The zero-order valence-electron chi connectivity index (χ0n) is 8.44. The van der Waals surface area contributed by atoms with E-state index in [9.17, 15) is 0 Å². The van der Waals surface area contributed by atoms with Crippen molar-refractivity contribution in [3.8, 4) is 0 Å². The standard InChI is InChI=1S/C10H17N3S/c1-2-14-8-10(13-11)6-9-4-3-5-12-7-9/h3-5,7,10,13H,2,6,8,11H2,1H3. The summed E-state index contributed by atoms with van der Waals surface area (Å²) in [5.74, 6) is 7.65. The molecule has 0 spiro atoms. The van der Waals surface area contributed by atoms with Crippen LogP contribution in [0.25, 0.3) is 0 Å². The van der Waals surface area contributed by atoms with Gasteiger partial charge in [-0.3, -0.25) is 16.3 Å². The lowest BCUT2D eigenvalue weighted by atomic mass is 10.1. The summed E-state index contributed by atoms with van der Waals surface area (Å²) in [5, 5.41) is 0. The number of nitrogens with one attached hydrogen (secondary N) is 1. The van der Waals surface area contributed by atoms with Crippen LogP contribution in [0.1, 0.15) is 12.5 Å². The minimum Gasteiger partial charge on any atom is -0.271 e. The van der Waals surface area contributed by atoms with Gasteiger partial charge in [-0.05, 0) is 23.8 Å². The van der Waals surface area contributed by atoms with E-state index in [1.54, 1.807) is 6.20 Å². The molecule has 14 heavy (non-hydrogen) atoms. The van der Waals surface area contributed by atoms with E-state index >= 15 is 0 Å². The highest BCUT2D eigenvalue weighted by molar-refractivity contribution is 7.99. The van der Waals surface area contributed by atoms with Gasteiger partial charge in [0.05, 0.1) is 0 Å². The van der Waals surface area contributed by atoms with Crippen molar-refractivity contribution in [3.63, 3.8) is 0 Å². The maximum absolute atomic E-state index is 5.48. The highest BCUT2D eigenvalue weighted by Crippen LogP contribution is 2.07. The molecule has 3 nitrogen and oxygen atoms in total. The molecule has 0 saturated heterocycles. The van der Waals surface area contributed by atoms with Crippen LogP contribution in [-0.4, -0.2) is 22.5 Å². The Balaban J connectivity index is 2.40. The number of rotatable bonds is 6. The minimum absolute atomic E-state index is 0.337. The molecule has 1 aromatic heterocycles. The fourth-order valence-corrected chi connectivity index (χ4v) is 1.96. The number of nitrogens with two attached hydrogens (primary N) is 1. The van der Waals surface area contributed by atoms with E-state index in [2.05, 4.69) is 23.4 Å². The summed E-state index contributed by atoms with van der Waals surface area (Å²) in [7, 11) is 0. The van der Waals surface area contributed by atoms with Crippen LogP contribution in [-0.2, 0) is 6.42 Å². The summed E-state index contributed by atoms with van der Waals surface area (Å²) in [6.07, 6.45) is 4.62. The summed E-state index contributed by atoms with van der Waals surface area (Å²) in [4.78, 5) is 4.08. The lowest BCUT2D eigenvalue weighted by Crippen LogP contribution is -2.38. The van der Waals surface area contributed by atoms with E-state index in [-0.39, 0.29) is 0 Å². The monoisotopic (exact) mass is 211 g/mol. The predicted octanol–water partition coefficient (Wildman–Crippen LogP) is 1.21. The van der Waals surface area contributed by atoms with Crippen molar-refractivity contribution < 1.29 is 0 Å². The van der Waals surface area contributed by atoms with Crippen molar-refractivity contribution >= 4 is 11.8 Å². The summed E-state index contributed by atoms with van der Waals surface area (Å²) in [6.45, 7) is 2.16. The quantitative estimate of drug-likeness (QED) is 0.548. The normalized spacial score (nSPS) is 12.7. The Bertz CT molecular complexity index is 240. The number of hydrogen-bond acceptors (Lipinski definition) is 4. The average Bonchev–Trinajstić information content (AvgIpc) is 2.25. The smallest absolute Gasteiger partial charge is 0.0342 e. The molecule has 1 rings (SSSR count). The van der Waals surface area contributed by atoms with Crippen molar-refractivity contribution in [3.05, 3.63) is 30.1 Å². The third-order valence-electron chi connectivity index (χ3n) is 1.96. The Morgan fingerprint density at radius 1 is 1.64 bits per heavy atom. The third-order valence-corrected chi connectivity index (χ3v) is 3.01.